The SMILES string of the molecule is CCC(c1cccc(O)c1O)C(C)C. The molecule has 2 heteroatoms. The Labute approximate surface area is 85.2 Å². The third-order valence-corrected chi connectivity index (χ3v) is 2.69. The molecule has 2 nitrogen and oxygen atoms in total. The van der Waals surface area contributed by atoms with Gasteiger partial charge in [0.2, 0.25) is 0 Å². The molecule has 2 N–H and O–H groups in total. The van der Waals surface area contributed by atoms with Gasteiger partial charge >= 0.3 is 0 Å². The van der Waals surface area contributed by atoms with Crippen molar-refractivity contribution in [2.45, 2.75) is 33.1 Å². The molecule has 1 unspecified atom stereocenters. The molecule has 0 amide bonds. The monoisotopic (exact) mass is 194 g/mol. The average molecular weight is 194 g/mol. The van der Waals surface area contributed by atoms with Crippen LogP contribution in [0.3, 0.4) is 0 Å². The number of benzene rings is 1. The van der Waals surface area contributed by atoms with Crippen LogP contribution in [0.25, 0.3) is 0 Å². The minimum Gasteiger partial charge on any atom is -0.504 e. The van der Waals surface area contributed by atoms with Crippen molar-refractivity contribution in [1.82, 2.24) is 0 Å². The first-order valence-electron chi connectivity index (χ1n) is 5.08. The first-order chi connectivity index (χ1) is 6.57. The highest BCUT2D eigenvalue weighted by molar-refractivity contribution is 5.46. The van der Waals surface area contributed by atoms with E-state index in [1.807, 2.05) is 6.07 Å². The summed E-state index contributed by atoms with van der Waals surface area (Å²) in [5, 5.41) is 19.1. The fourth-order valence-corrected chi connectivity index (χ4v) is 1.90. The third-order valence-electron chi connectivity index (χ3n) is 2.69. The van der Waals surface area contributed by atoms with E-state index in [0.717, 1.165) is 12.0 Å². The van der Waals surface area contributed by atoms with E-state index < -0.39 is 0 Å². The molecule has 1 aromatic rings. The second-order valence-corrected chi connectivity index (χ2v) is 3.97. The molecule has 0 fully saturated rings. The van der Waals surface area contributed by atoms with Crippen molar-refractivity contribution in [2.75, 3.05) is 0 Å². The summed E-state index contributed by atoms with van der Waals surface area (Å²) < 4.78 is 0. The largest absolute Gasteiger partial charge is 0.504 e. The van der Waals surface area contributed by atoms with Crippen LogP contribution in [0.15, 0.2) is 18.2 Å². The fourth-order valence-electron chi connectivity index (χ4n) is 1.90. The molecule has 14 heavy (non-hydrogen) atoms. The first kappa shape index (κ1) is 10.9. The van der Waals surface area contributed by atoms with Gasteiger partial charge in [-0.25, -0.2) is 0 Å². The summed E-state index contributed by atoms with van der Waals surface area (Å²) in [5.41, 5.74) is 0.850. The molecule has 1 rings (SSSR count). The number of aromatic hydroxyl groups is 2. The van der Waals surface area contributed by atoms with E-state index in [-0.39, 0.29) is 11.5 Å². The van der Waals surface area contributed by atoms with E-state index in [0.29, 0.717) is 11.8 Å². The first-order valence-corrected chi connectivity index (χ1v) is 5.08. The maximum absolute atomic E-state index is 9.70. The summed E-state index contributed by atoms with van der Waals surface area (Å²) in [4.78, 5) is 0. The lowest BCUT2D eigenvalue weighted by Crippen LogP contribution is -2.05. The predicted molar refractivity (Wildman–Crippen MR) is 57.6 cm³/mol. The van der Waals surface area contributed by atoms with Crippen molar-refractivity contribution in [1.29, 1.82) is 0 Å². The molecule has 78 valence electrons. The van der Waals surface area contributed by atoms with Gasteiger partial charge in [-0.15, -0.1) is 0 Å². The van der Waals surface area contributed by atoms with Gasteiger partial charge in [0.15, 0.2) is 11.5 Å². The van der Waals surface area contributed by atoms with Gasteiger partial charge < -0.3 is 10.2 Å². The van der Waals surface area contributed by atoms with Crippen LogP contribution in [0.5, 0.6) is 11.5 Å². The molecule has 1 atom stereocenters. The van der Waals surface area contributed by atoms with Crippen LogP contribution in [0.1, 0.15) is 38.7 Å². The van der Waals surface area contributed by atoms with Crippen LogP contribution in [-0.2, 0) is 0 Å². The molecular formula is C12H18O2. The van der Waals surface area contributed by atoms with Gasteiger partial charge in [0.1, 0.15) is 0 Å². The van der Waals surface area contributed by atoms with Crippen molar-refractivity contribution in [2.24, 2.45) is 5.92 Å². The maximum atomic E-state index is 9.70. The van der Waals surface area contributed by atoms with Gasteiger partial charge in [0, 0.05) is 5.56 Å². The molecule has 0 bridgehead atoms. The van der Waals surface area contributed by atoms with Crippen molar-refractivity contribution in [3.05, 3.63) is 23.8 Å². The van der Waals surface area contributed by atoms with E-state index in [9.17, 15) is 10.2 Å². The molecule has 1 aromatic carbocycles. The number of phenolic OH excluding ortho intramolecular Hbond substituents is 2. The lowest BCUT2D eigenvalue weighted by Gasteiger charge is -2.20. The molecule has 0 heterocycles. The molecular weight excluding hydrogens is 176 g/mol. The van der Waals surface area contributed by atoms with Gasteiger partial charge in [-0.05, 0) is 24.3 Å². The highest BCUT2D eigenvalue weighted by Gasteiger charge is 2.18. The number of para-hydroxylation sites is 1. The Balaban J connectivity index is 3.10. The van der Waals surface area contributed by atoms with E-state index in [1.54, 1.807) is 6.07 Å². The van der Waals surface area contributed by atoms with Gasteiger partial charge in [-0.3, -0.25) is 0 Å². The fraction of sp³-hybridized carbons (Fsp3) is 0.500. The zero-order chi connectivity index (χ0) is 10.7. The van der Waals surface area contributed by atoms with Gasteiger partial charge in [0.25, 0.3) is 0 Å². The highest BCUT2D eigenvalue weighted by Crippen LogP contribution is 2.38. The van der Waals surface area contributed by atoms with E-state index in [1.165, 1.54) is 6.07 Å². The van der Waals surface area contributed by atoms with Gasteiger partial charge in [-0.1, -0.05) is 32.9 Å². The summed E-state index contributed by atoms with van der Waals surface area (Å²) in [7, 11) is 0. The Morgan fingerprint density at radius 1 is 1.21 bits per heavy atom. The maximum Gasteiger partial charge on any atom is 0.160 e. The number of rotatable bonds is 3. The molecule has 0 aliphatic rings. The Morgan fingerprint density at radius 3 is 2.36 bits per heavy atom. The molecule has 0 saturated carbocycles. The molecule has 0 aromatic heterocycles. The van der Waals surface area contributed by atoms with Crippen LogP contribution in [0.4, 0.5) is 0 Å². The van der Waals surface area contributed by atoms with Crippen LogP contribution >= 0.6 is 0 Å². The Bertz CT molecular complexity index is 305. The lowest BCUT2D eigenvalue weighted by atomic mass is 9.86. The predicted octanol–water partition coefficient (Wildman–Crippen LogP) is 3.25. The molecule has 0 saturated heterocycles. The van der Waals surface area contributed by atoms with E-state index in [4.69, 9.17) is 0 Å². The van der Waals surface area contributed by atoms with Crippen molar-refractivity contribution >= 4 is 0 Å². The standard InChI is InChI=1S/C12H18O2/c1-4-9(8(2)3)10-6-5-7-11(13)12(10)14/h5-9,13-14H,4H2,1-3H3. The second kappa shape index (κ2) is 4.36. The van der Waals surface area contributed by atoms with Crippen molar-refractivity contribution in [3.63, 3.8) is 0 Å². The average Bonchev–Trinajstić information content (AvgIpc) is 2.13. The number of phenols is 2. The quantitative estimate of drug-likeness (QED) is 0.725. The van der Waals surface area contributed by atoms with Crippen molar-refractivity contribution in [3.8, 4) is 11.5 Å². The molecule has 0 radical (unpaired) electrons. The van der Waals surface area contributed by atoms with Crippen LogP contribution in [-0.4, -0.2) is 10.2 Å². The van der Waals surface area contributed by atoms with Crippen LogP contribution in [0, 0.1) is 5.92 Å². The lowest BCUT2D eigenvalue weighted by molar-refractivity contribution is 0.385. The second-order valence-electron chi connectivity index (χ2n) is 3.97. The van der Waals surface area contributed by atoms with Crippen LogP contribution < -0.4 is 0 Å². The molecule has 0 spiro atoms. The zero-order valence-electron chi connectivity index (χ0n) is 8.99. The summed E-state index contributed by atoms with van der Waals surface area (Å²) in [5.74, 6) is 0.782. The van der Waals surface area contributed by atoms with E-state index >= 15 is 0 Å². The molecule has 0 aliphatic heterocycles. The van der Waals surface area contributed by atoms with Gasteiger partial charge in [-0.2, -0.15) is 0 Å². The number of hydrogen-bond donors (Lipinski definition) is 2. The van der Waals surface area contributed by atoms with Gasteiger partial charge in [0.05, 0.1) is 0 Å². The summed E-state index contributed by atoms with van der Waals surface area (Å²) >= 11 is 0. The van der Waals surface area contributed by atoms with E-state index in [2.05, 4.69) is 20.8 Å². The van der Waals surface area contributed by atoms with Crippen LogP contribution in [0.2, 0.25) is 0 Å². The minimum absolute atomic E-state index is 0.0263. The molecule has 0 aliphatic carbocycles. The summed E-state index contributed by atoms with van der Waals surface area (Å²) in [6.45, 7) is 6.34. The van der Waals surface area contributed by atoms with Crippen molar-refractivity contribution < 1.29 is 10.2 Å². The normalized spacial score (nSPS) is 13.1. The zero-order valence-corrected chi connectivity index (χ0v) is 8.99. The Hall–Kier alpha value is -1.18. The summed E-state index contributed by atoms with van der Waals surface area (Å²) in [6, 6.07) is 5.16. The topological polar surface area (TPSA) is 40.5 Å². The summed E-state index contributed by atoms with van der Waals surface area (Å²) in [6.07, 6.45) is 0.967. The smallest absolute Gasteiger partial charge is 0.160 e. The third kappa shape index (κ3) is 2.00. The number of hydrogen-bond acceptors (Lipinski definition) is 2. The Morgan fingerprint density at radius 2 is 1.86 bits per heavy atom. The highest BCUT2D eigenvalue weighted by atomic mass is 16.3. The minimum atomic E-state index is -0.0263. The Kier molecular flexibility index (Phi) is 3.39.